The molecule has 0 heterocycles. The Hall–Kier alpha value is -1.60. The number of carboxylic acid groups (broad SMARTS) is 1. The molecule has 4 unspecified atom stereocenters. The second-order valence-corrected chi connectivity index (χ2v) is 5.12. The molecule has 2 aliphatic rings. The average Bonchev–Trinajstić information content (AvgIpc) is 2.95. The van der Waals surface area contributed by atoms with Crippen molar-refractivity contribution in [3.05, 3.63) is 12.2 Å². The lowest BCUT2D eigenvalue weighted by Gasteiger charge is -2.25. The van der Waals surface area contributed by atoms with Crippen LogP contribution in [0.15, 0.2) is 12.2 Å². The molecule has 2 rings (SSSR count). The van der Waals surface area contributed by atoms with E-state index >= 15 is 0 Å². The lowest BCUT2D eigenvalue weighted by molar-refractivity contribution is -0.150. The number of carbonyl (C=O) groups excluding carboxylic acids is 1. The molecular formula is C12H13F4NO3. The summed E-state index contributed by atoms with van der Waals surface area (Å²) < 4.78 is 49.5. The molecule has 4 nitrogen and oxygen atoms in total. The number of carboxylic acids is 1. The molecule has 0 aromatic rings. The first kappa shape index (κ1) is 14.8. The van der Waals surface area contributed by atoms with E-state index in [-0.39, 0.29) is 11.8 Å². The first-order chi connectivity index (χ1) is 9.24. The van der Waals surface area contributed by atoms with E-state index in [0.717, 1.165) is 0 Å². The van der Waals surface area contributed by atoms with Crippen LogP contribution < -0.4 is 5.32 Å². The minimum atomic E-state index is -4.32. The SMILES string of the molecule is O=C(O)C1C2C=CC(C2)C1C(=O)NCC(F)(F)C(F)F. The molecule has 8 heteroatoms. The van der Waals surface area contributed by atoms with Gasteiger partial charge in [0.1, 0.15) is 0 Å². The number of allylic oxidation sites excluding steroid dienone is 2. The van der Waals surface area contributed by atoms with Crippen molar-refractivity contribution >= 4 is 11.9 Å². The van der Waals surface area contributed by atoms with E-state index < -0.39 is 42.6 Å². The van der Waals surface area contributed by atoms with Crippen molar-refractivity contribution in [2.45, 2.75) is 18.8 Å². The van der Waals surface area contributed by atoms with Gasteiger partial charge in [-0.3, -0.25) is 9.59 Å². The largest absolute Gasteiger partial charge is 0.481 e. The van der Waals surface area contributed by atoms with Gasteiger partial charge in [-0.2, -0.15) is 8.78 Å². The zero-order valence-electron chi connectivity index (χ0n) is 10.2. The predicted molar refractivity (Wildman–Crippen MR) is 59.3 cm³/mol. The maximum atomic E-state index is 12.7. The number of carbonyl (C=O) groups is 2. The van der Waals surface area contributed by atoms with Gasteiger partial charge in [-0.05, 0) is 18.3 Å². The molecule has 2 N–H and O–H groups in total. The summed E-state index contributed by atoms with van der Waals surface area (Å²) in [7, 11) is 0. The maximum absolute atomic E-state index is 12.7. The molecule has 0 saturated heterocycles. The van der Waals surface area contributed by atoms with E-state index in [1.165, 1.54) is 0 Å². The summed E-state index contributed by atoms with van der Waals surface area (Å²) >= 11 is 0. The van der Waals surface area contributed by atoms with Gasteiger partial charge in [-0.25, -0.2) is 8.78 Å². The average molecular weight is 295 g/mol. The quantitative estimate of drug-likeness (QED) is 0.597. The fourth-order valence-corrected chi connectivity index (χ4v) is 2.92. The van der Waals surface area contributed by atoms with E-state index in [0.29, 0.717) is 6.42 Å². The number of fused-ring (bicyclic) bond motifs is 2. The number of hydrogen-bond acceptors (Lipinski definition) is 2. The van der Waals surface area contributed by atoms with Crippen molar-refractivity contribution in [3.63, 3.8) is 0 Å². The minimum Gasteiger partial charge on any atom is -0.481 e. The second-order valence-electron chi connectivity index (χ2n) is 5.12. The first-order valence-corrected chi connectivity index (χ1v) is 6.09. The Morgan fingerprint density at radius 2 is 1.80 bits per heavy atom. The van der Waals surface area contributed by atoms with Gasteiger partial charge < -0.3 is 10.4 Å². The number of rotatable bonds is 5. The summed E-state index contributed by atoms with van der Waals surface area (Å²) in [6.45, 7) is -1.49. The molecular weight excluding hydrogens is 282 g/mol. The third kappa shape index (κ3) is 2.51. The standard InChI is InChI=1S/C12H13F4NO3/c13-11(14)12(15,16)4-17-9(18)7-5-1-2-6(3-5)8(7)10(19)20/h1-2,5-8,11H,3-4H2,(H,17,18)(H,19,20). The van der Waals surface area contributed by atoms with Crippen molar-refractivity contribution in [3.8, 4) is 0 Å². The topological polar surface area (TPSA) is 66.4 Å². The van der Waals surface area contributed by atoms with Gasteiger partial charge in [0.05, 0.1) is 18.4 Å². The van der Waals surface area contributed by atoms with Crippen LogP contribution in [0.2, 0.25) is 0 Å². The van der Waals surface area contributed by atoms with Gasteiger partial charge in [-0.15, -0.1) is 0 Å². The molecule has 0 radical (unpaired) electrons. The van der Waals surface area contributed by atoms with Crippen LogP contribution in [0.5, 0.6) is 0 Å². The van der Waals surface area contributed by atoms with Crippen LogP contribution in [0.3, 0.4) is 0 Å². The van der Waals surface area contributed by atoms with Crippen LogP contribution in [0, 0.1) is 23.7 Å². The van der Waals surface area contributed by atoms with Crippen molar-refractivity contribution in [1.82, 2.24) is 5.32 Å². The van der Waals surface area contributed by atoms with Gasteiger partial charge in [0.15, 0.2) is 0 Å². The lowest BCUT2D eigenvalue weighted by atomic mass is 9.82. The predicted octanol–water partition coefficient (Wildman–Crippen LogP) is 1.53. The molecule has 2 bridgehead atoms. The van der Waals surface area contributed by atoms with Crippen molar-refractivity contribution in [2.24, 2.45) is 23.7 Å². The molecule has 1 saturated carbocycles. The molecule has 1 amide bonds. The van der Waals surface area contributed by atoms with Gasteiger partial charge in [-0.1, -0.05) is 12.2 Å². The maximum Gasteiger partial charge on any atom is 0.324 e. The lowest BCUT2D eigenvalue weighted by Crippen LogP contribution is -2.46. The Balaban J connectivity index is 2.02. The summed E-state index contributed by atoms with van der Waals surface area (Å²) in [6.07, 6.45) is -0.0287. The van der Waals surface area contributed by atoms with Gasteiger partial charge in [0.25, 0.3) is 0 Å². The highest BCUT2D eigenvalue weighted by atomic mass is 19.3. The van der Waals surface area contributed by atoms with Crippen molar-refractivity contribution < 1.29 is 32.3 Å². The van der Waals surface area contributed by atoms with Crippen molar-refractivity contribution in [1.29, 1.82) is 0 Å². The first-order valence-electron chi connectivity index (χ1n) is 6.09. The zero-order valence-corrected chi connectivity index (χ0v) is 10.2. The Bertz CT molecular complexity index is 452. The number of amides is 1. The molecule has 0 aromatic carbocycles. The molecule has 0 aromatic heterocycles. The van der Waals surface area contributed by atoms with E-state index in [1.807, 2.05) is 0 Å². The molecule has 2 aliphatic carbocycles. The third-order valence-corrected chi connectivity index (χ3v) is 3.86. The van der Waals surface area contributed by atoms with E-state index in [9.17, 15) is 27.2 Å². The van der Waals surface area contributed by atoms with Crippen molar-refractivity contribution in [2.75, 3.05) is 6.54 Å². The molecule has 0 spiro atoms. The number of aliphatic carboxylic acids is 1. The van der Waals surface area contributed by atoms with E-state index in [1.54, 1.807) is 17.5 Å². The second kappa shape index (κ2) is 5.06. The summed E-state index contributed by atoms with van der Waals surface area (Å²) in [6, 6.07) is 0. The number of nitrogens with one attached hydrogen (secondary N) is 1. The fraction of sp³-hybridized carbons (Fsp3) is 0.667. The minimum absolute atomic E-state index is 0.302. The molecule has 20 heavy (non-hydrogen) atoms. The van der Waals surface area contributed by atoms with Crippen LogP contribution in [-0.2, 0) is 9.59 Å². The molecule has 1 fully saturated rings. The number of alkyl halides is 4. The normalized spacial score (nSPS) is 31.9. The van der Waals surface area contributed by atoms with E-state index in [2.05, 4.69) is 0 Å². The smallest absolute Gasteiger partial charge is 0.324 e. The summed E-state index contributed by atoms with van der Waals surface area (Å²) in [5, 5.41) is 10.8. The zero-order chi connectivity index (χ0) is 15.1. The number of hydrogen-bond donors (Lipinski definition) is 2. The Labute approximate surface area is 111 Å². The van der Waals surface area contributed by atoms with E-state index in [4.69, 9.17) is 5.11 Å². The summed E-state index contributed by atoms with van der Waals surface area (Å²) in [4.78, 5) is 23.0. The molecule has 112 valence electrons. The van der Waals surface area contributed by atoms with Crippen LogP contribution in [0.25, 0.3) is 0 Å². The highest BCUT2D eigenvalue weighted by molar-refractivity contribution is 5.86. The van der Waals surface area contributed by atoms with Crippen LogP contribution in [0.4, 0.5) is 17.6 Å². The molecule has 0 aliphatic heterocycles. The third-order valence-electron chi connectivity index (χ3n) is 3.86. The summed E-state index contributed by atoms with van der Waals surface area (Å²) in [5.74, 6) is -8.99. The highest BCUT2D eigenvalue weighted by Crippen LogP contribution is 2.48. The van der Waals surface area contributed by atoms with Crippen LogP contribution >= 0.6 is 0 Å². The Kier molecular flexibility index (Phi) is 3.75. The Morgan fingerprint density at radius 1 is 1.25 bits per heavy atom. The summed E-state index contributed by atoms with van der Waals surface area (Å²) in [5.41, 5.74) is 0. The van der Waals surface area contributed by atoms with Gasteiger partial charge >= 0.3 is 18.3 Å². The number of halogens is 4. The van der Waals surface area contributed by atoms with Gasteiger partial charge in [0.2, 0.25) is 5.91 Å². The molecule has 4 atom stereocenters. The van der Waals surface area contributed by atoms with Crippen LogP contribution in [0.1, 0.15) is 6.42 Å². The fourth-order valence-electron chi connectivity index (χ4n) is 2.92. The van der Waals surface area contributed by atoms with Gasteiger partial charge in [0, 0.05) is 0 Å². The monoisotopic (exact) mass is 295 g/mol. The Morgan fingerprint density at radius 3 is 2.30 bits per heavy atom. The highest BCUT2D eigenvalue weighted by Gasteiger charge is 2.52. The van der Waals surface area contributed by atoms with Crippen LogP contribution in [-0.4, -0.2) is 35.9 Å².